The Balaban J connectivity index is 1.30. The molecule has 0 amide bonds. The number of rotatable bonds is 5. The standard InChI is InChI=1S/C21H29N7O/c1-2-27-14-17(12-22-27)13-25-7-3-4-18(15-25)21-23-20-6-5-19(16-28(20)24-21)26-8-10-29-11-9-26/h5-6,12,14,16,18H,2-4,7-11,13,15H2,1H3/t18-/m1/s1. The molecule has 5 heterocycles. The average Bonchev–Trinajstić information content (AvgIpc) is 3.40. The second-order valence-electron chi connectivity index (χ2n) is 8.04. The van der Waals surface area contributed by atoms with Crippen LogP contribution in [0.25, 0.3) is 5.65 Å². The quantitative estimate of drug-likeness (QED) is 0.660. The van der Waals surface area contributed by atoms with E-state index in [0.717, 1.165) is 70.4 Å². The molecule has 29 heavy (non-hydrogen) atoms. The number of nitrogens with zero attached hydrogens (tertiary/aromatic N) is 7. The van der Waals surface area contributed by atoms with Crippen LogP contribution in [-0.2, 0) is 17.8 Å². The summed E-state index contributed by atoms with van der Waals surface area (Å²) in [5.74, 6) is 1.36. The summed E-state index contributed by atoms with van der Waals surface area (Å²) in [6.07, 6.45) is 8.58. The van der Waals surface area contributed by atoms with E-state index in [1.54, 1.807) is 0 Å². The molecule has 2 fully saturated rings. The van der Waals surface area contributed by atoms with Crippen molar-refractivity contribution in [1.29, 1.82) is 0 Å². The molecule has 0 N–H and O–H groups in total. The molecule has 3 aromatic heterocycles. The maximum absolute atomic E-state index is 5.47. The molecule has 1 atom stereocenters. The number of fused-ring (bicyclic) bond motifs is 1. The van der Waals surface area contributed by atoms with Crippen LogP contribution in [0.3, 0.4) is 0 Å². The summed E-state index contributed by atoms with van der Waals surface area (Å²) in [4.78, 5) is 9.71. The molecular formula is C21H29N7O. The van der Waals surface area contributed by atoms with E-state index in [4.69, 9.17) is 14.8 Å². The SMILES string of the molecule is CCn1cc(CN2CCC[C@@H](c3nc4ccc(N5CCOCC5)cn4n3)C2)cn1. The maximum Gasteiger partial charge on any atom is 0.156 e. The highest BCUT2D eigenvalue weighted by Gasteiger charge is 2.25. The molecule has 0 aromatic carbocycles. The van der Waals surface area contributed by atoms with Gasteiger partial charge < -0.3 is 9.64 Å². The summed E-state index contributed by atoms with van der Waals surface area (Å²) in [5.41, 5.74) is 3.40. The van der Waals surface area contributed by atoms with Gasteiger partial charge in [-0.25, -0.2) is 9.50 Å². The van der Waals surface area contributed by atoms with E-state index in [9.17, 15) is 0 Å². The van der Waals surface area contributed by atoms with Gasteiger partial charge in [-0.2, -0.15) is 10.2 Å². The van der Waals surface area contributed by atoms with Crippen molar-refractivity contribution in [1.82, 2.24) is 29.3 Å². The first-order valence-corrected chi connectivity index (χ1v) is 10.7. The molecule has 154 valence electrons. The molecule has 8 nitrogen and oxygen atoms in total. The van der Waals surface area contributed by atoms with Crippen molar-refractivity contribution in [3.63, 3.8) is 0 Å². The second kappa shape index (κ2) is 8.12. The van der Waals surface area contributed by atoms with Gasteiger partial charge >= 0.3 is 0 Å². The Hall–Kier alpha value is -2.45. The van der Waals surface area contributed by atoms with Gasteiger partial charge in [0.05, 0.1) is 31.3 Å². The number of hydrogen-bond acceptors (Lipinski definition) is 6. The summed E-state index contributed by atoms with van der Waals surface area (Å²) >= 11 is 0. The van der Waals surface area contributed by atoms with Crippen LogP contribution < -0.4 is 4.90 Å². The third-order valence-electron chi connectivity index (χ3n) is 6.00. The fraction of sp³-hybridized carbons (Fsp3) is 0.571. The molecule has 2 aliphatic heterocycles. The summed E-state index contributed by atoms with van der Waals surface area (Å²) < 4.78 is 9.41. The van der Waals surface area contributed by atoms with Crippen molar-refractivity contribution in [2.24, 2.45) is 0 Å². The Kier molecular flexibility index (Phi) is 5.20. The Morgan fingerprint density at radius 3 is 2.86 bits per heavy atom. The Morgan fingerprint density at radius 2 is 2.03 bits per heavy atom. The van der Waals surface area contributed by atoms with Crippen LogP contribution in [0.4, 0.5) is 5.69 Å². The molecule has 8 heteroatoms. The van der Waals surface area contributed by atoms with Crippen molar-refractivity contribution in [2.75, 3.05) is 44.3 Å². The molecule has 5 rings (SSSR count). The summed E-state index contributed by atoms with van der Waals surface area (Å²) in [6, 6.07) is 4.23. The van der Waals surface area contributed by atoms with Crippen LogP contribution in [-0.4, -0.2) is 68.7 Å². The number of hydrogen-bond donors (Lipinski definition) is 0. The number of aromatic nitrogens is 5. The van der Waals surface area contributed by atoms with E-state index in [0.29, 0.717) is 5.92 Å². The Bertz CT molecular complexity index is 959. The molecule has 2 aliphatic rings. The zero-order valence-corrected chi connectivity index (χ0v) is 17.1. The fourth-order valence-corrected chi connectivity index (χ4v) is 4.40. The number of anilines is 1. The van der Waals surface area contributed by atoms with Gasteiger partial charge in [0.2, 0.25) is 0 Å². The maximum atomic E-state index is 5.47. The van der Waals surface area contributed by atoms with Crippen molar-refractivity contribution in [3.05, 3.63) is 42.1 Å². The highest BCUT2D eigenvalue weighted by atomic mass is 16.5. The van der Waals surface area contributed by atoms with Gasteiger partial charge in [-0.05, 0) is 38.4 Å². The lowest BCUT2D eigenvalue weighted by Crippen LogP contribution is -2.36. The normalized spacial score (nSPS) is 21.1. The lowest BCUT2D eigenvalue weighted by molar-refractivity contribution is 0.122. The Labute approximate surface area is 171 Å². The van der Waals surface area contributed by atoms with Gasteiger partial charge in [-0.1, -0.05) is 0 Å². The Morgan fingerprint density at radius 1 is 1.14 bits per heavy atom. The van der Waals surface area contributed by atoms with Crippen LogP contribution in [0, 0.1) is 0 Å². The molecule has 0 bridgehead atoms. The second-order valence-corrected chi connectivity index (χ2v) is 8.04. The lowest BCUT2D eigenvalue weighted by atomic mass is 9.97. The van der Waals surface area contributed by atoms with Crippen LogP contribution in [0.1, 0.15) is 37.1 Å². The summed E-state index contributed by atoms with van der Waals surface area (Å²) in [5, 5.41) is 9.26. The third-order valence-corrected chi connectivity index (χ3v) is 6.00. The van der Waals surface area contributed by atoms with E-state index in [2.05, 4.69) is 46.3 Å². The van der Waals surface area contributed by atoms with Crippen molar-refractivity contribution < 1.29 is 4.74 Å². The van der Waals surface area contributed by atoms with Crippen molar-refractivity contribution >= 4 is 11.3 Å². The first-order valence-electron chi connectivity index (χ1n) is 10.7. The number of morpholine rings is 1. The first-order chi connectivity index (χ1) is 14.3. The molecule has 2 saturated heterocycles. The largest absolute Gasteiger partial charge is 0.378 e. The van der Waals surface area contributed by atoms with Crippen molar-refractivity contribution in [2.45, 2.75) is 38.8 Å². The van der Waals surface area contributed by atoms with Gasteiger partial charge in [0.15, 0.2) is 11.5 Å². The summed E-state index contributed by atoms with van der Waals surface area (Å²) in [7, 11) is 0. The van der Waals surface area contributed by atoms with Crippen LogP contribution in [0.5, 0.6) is 0 Å². The number of likely N-dealkylation sites (tertiary alicyclic amines) is 1. The predicted molar refractivity (Wildman–Crippen MR) is 111 cm³/mol. The molecule has 0 saturated carbocycles. The lowest BCUT2D eigenvalue weighted by Gasteiger charge is -2.30. The van der Waals surface area contributed by atoms with Gasteiger partial charge in [0, 0.05) is 50.4 Å². The number of ether oxygens (including phenoxy) is 1. The molecule has 0 radical (unpaired) electrons. The van der Waals surface area contributed by atoms with Crippen LogP contribution in [0.15, 0.2) is 30.7 Å². The number of pyridine rings is 1. The topological polar surface area (TPSA) is 63.7 Å². The fourth-order valence-electron chi connectivity index (χ4n) is 4.40. The van der Waals surface area contributed by atoms with Gasteiger partial charge in [-0.3, -0.25) is 9.58 Å². The molecule has 3 aromatic rings. The average molecular weight is 396 g/mol. The molecule has 0 unspecified atom stereocenters. The zero-order chi connectivity index (χ0) is 19.6. The monoisotopic (exact) mass is 395 g/mol. The smallest absolute Gasteiger partial charge is 0.156 e. The van der Waals surface area contributed by atoms with Gasteiger partial charge in [-0.15, -0.1) is 0 Å². The van der Waals surface area contributed by atoms with Crippen LogP contribution >= 0.6 is 0 Å². The minimum atomic E-state index is 0.386. The van der Waals surface area contributed by atoms with E-state index in [1.165, 1.54) is 17.7 Å². The molecule has 0 aliphatic carbocycles. The highest BCUT2D eigenvalue weighted by molar-refractivity contribution is 5.51. The van der Waals surface area contributed by atoms with E-state index < -0.39 is 0 Å². The molecule has 0 spiro atoms. The highest BCUT2D eigenvalue weighted by Crippen LogP contribution is 2.26. The molecular weight excluding hydrogens is 366 g/mol. The number of aryl methyl sites for hydroxylation is 1. The predicted octanol–water partition coefficient (Wildman–Crippen LogP) is 2.16. The minimum absolute atomic E-state index is 0.386. The first kappa shape index (κ1) is 18.6. The third kappa shape index (κ3) is 4.00. The minimum Gasteiger partial charge on any atom is -0.378 e. The van der Waals surface area contributed by atoms with Crippen LogP contribution in [0.2, 0.25) is 0 Å². The van der Waals surface area contributed by atoms with E-state index in [1.807, 2.05) is 15.4 Å². The van der Waals surface area contributed by atoms with Crippen molar-refractivity contribution in [3.8, 4) is 0 Å². The zero-order valence-electron chi connectivity index (χ0n) is 17.1. The van der Waals surface area contributed by atoms with E-state index in [-0.39, 0.29) is 0 Å². The number of piperidine rings is 1. The van der Waals surface area contributed by atoms with E-state index >= 15 is 0 Å². The van der Waals surface area contributed by atoms with Gasteiger partial charge in [0.25, 0.3) is 0 Å². The summed E-state index contributed by atoms with van der Waals surface area (Å²) in [6.45, 7) is 9.55. The van der Waals surface area contributed by atoms with Gasteiger partial charge in [0.1, 0.15) is 0 Å².